The van der Waals surface area contributed by atoms with Crippen molar-refractivity contribution in [2.75, 3.05) is 0 Å². The van der Waals surface area contributed by atoms with E-state index < -0.39 is 50.9 Å². The quantitative estimate of drug-likeness (QED) is 0.169. The average Bonchev–Trinajstić information content (AvgIpc) is 3.64. The normalized spacial score (nSPS) is 47.0. The molecule has 10 heteroatoms. The van der Waals surface area contributed by atoms with Crippen LogP contribution >= 0.6 is 0 Å². The van der Waals surface area contributed by atoms with E-state index in [1.165, 1.54) is 5.57 Å². The van der Waals surface area contributed by atoms with Crippen molar-refractivity contribution in [2.24, 2.45) is 86.8 Å². The Labute approximate surface area is 404 Å². The third-order valence-corrected chi connectivity index (χ3v) is 30.8. The Bertz CT molecular complexity index is 2050. The molecule has 0 amide bonds. The SMILES string of the molecule is C.C.CC1=C[C@]23C(=O)[C@@H]([C@H](O[Si](C)(C)C(C)(C)C)[C@H](C)[C@@H](C)[C@]2(O)C1)[C@H]1[C@@H](C[C@H]3C)C1(C)C.CC1=C[C@]23C(=O)[C@@H]([C@H](O[Si](C)(C)C(C)(C)C)[C@H](C)[C@H]4OC(=O)O[C@]42C1)[C@H]1[C@@H](C[C@H]3C)C1(C)C. The van der Waals surface area contributed by atoms with Gasteiger partial charge in [-0.3, -0.25) is 9.59 Å². The van der Waals surface area contributed by atoms with Gasteiger partial charge in [-0.25, -0.2) is 4.79 Å². The topological polar surface area (TPSA) is 108 Å². The van der Waals surface area contributed by atoms with Crippen molar-refractivity contribution >= 4 is 34.4 Å². The first-order chi connectivity index (χ1) is 28.9. The maximum absolute atomic E-state index is 14.9. The standard InChI is InChI=1S/C27H42O5Si.C27H46O3Si.2CH4/c1-14-12-26-15(2)11-17-19(25(17,7)8)18(21(26)28)20(32-33(9,10)24(4,5)6)16(3)22-27(26,13-14)31-23(29)30-22;1-15-13-26-16(2)12-19-21(25(19,8)9)20(23(26)28)22(30-31(10,11)24(5,6)7)17(3)18(4)27(26,29)14-15;;/h12,15-20,22H,11,13H2,1-10H3;13,16-22,29H,12,14H2,1-11H3;2*1H4/t15-,16+,17-,18-,19-,20-,22-,26+,27-;16-,17-,18-,19-,20-,21-,22-,26+,27-;;/m11../s1. The number of fused-ring (bicyclic) bond motifs is 6. The fourth-order valence-electron chi connectivity index (χ4n) is 16.0. The van der Waals surface area contributed by atoms with Crippen LogP contribution in [-0.4, -0.2) is 69.0 Å². The summed E-state index contributed by atoms with van der Waals surface area (Å²) in [5.41, 5.74) is -0.943. The minimum absolute atomic E-state index is 0. The van der Waals surface area contributed by atoms with Crippen LogP contribution in [0, 0.1) is 86.8 Å². The minimum atomic E-state index is -2.20. The fourth-order valence-corrected chi connectivity index (χ4v) is 18.7. The molecule has 0 aromatic rings. The third kappa shape index (κ3) is 6.84. The molecule has 0 unspecified atom stereocenters. The first-order valence-electron chi connectivity index (χ1n) is 25.4. The van der Waals surface area contributed by atoms with Gasteiger partial charge in [-0.15, -0.1) is 0 Å². The van der Waals surface area contributed by atoms with Gasteiger partial charge >= 0.3 is 6.16 Å². The number of carbonyl (C=O) groups excluding carboxylic acids is 3. The van der Waals surface area contributed by atoms with Gasteiger partial charge in [-0.2, -0.15) is 0 Å². The smallest absolute Gasteiger partial charge is 0.426 e. The highest BCUT2D eigenvalue weighted by atomic mass is 28.4. The first kappa shape index (κ1) is 53.7. The Kier molecular flexibility index (Phi) is 12.8. The van der Waals surface area contributed by atoms with Gasteiger partial charge in [0.15, 0.2) is 39.9 Å². The molecule has 8 aliphatic carbocycles. The first-order valence-corrected chi connectivity index (χ1v) is 31.2. The van der Waals surface area contributed by atoms with Crippen LogP contribution < -0.4 is 0 Å². The van der Waals surface area contributed by atoms with Gasteiger partial charge in [-0.1, -0.05) is 142 Å². The van der Waals surface area contributed by atoms with Gasteiger partial charge in [0.2, 0.25) is 0 Å². The van der Waals surface area contributed by atoms with E-state index in [4.69, 9.17) is 18.3 Å². The number of hydrogen-bond donors (Lipinski definition) is 1. The van der Waals surface area contributed by atoms with E-state index >= 15 is 0 Å². The summed E-state index contributed by atoms with van der Waals surface area (Å²) in [4.78, 5) is 42.3. The number of aliphatic hydroxyl groups is 1. The van der Waals surface area contributed by atoms with Crippen molar-refractivity contribution in [3.05, 3.63) is 23.3 Å². The molecule has 3 spiro atoms. The van der Waals surface area contributed by atoms with Gasteiger partial charge in [0, 0.05) is 24.2 Å². The van der Waals surface area contributed by atoms with Crippen LogP contribution in [0.15, 0.2) is 23.3 Å². The third-order valence-electron chi connectivity index (χ3n) is 21.9. The Morgan fingerprint density at radius 2 is 1.05 bits per heavy atom. The van der Waals surface area contributed by atoms with Gasteiger partial charge in [-0.05, 0) is 128 Å². The van der Waals surface area contributed by atoms with E-state index in [0.717, 1.165) is 18.4 Å². The minimum Gasteiger partial charge on any atom is -0.426 e. The predicted octanol–water partition coefficient (Wildman–Crippen LogP) is 13.6. The maximum atomic E-state index is 14.9. The summed E-state index contributed by atoms with van der Waals surface area (Å²) in [5.74, 6) is 2.15. The highest BCUT2D eigenvalue weighted by Crippen LogP contribution is 2.75. The second-order valence-corrected chi connectivity index (χ2v) is 37.4. The van der Waals surface area contributed by atoms with E-state index in [1.54, 1.807) is 0 Å². The molecule has 4 bridgehead atoms. The summed E-state index contributed by atoms with van der Waals surface area (Å²) < 4.78 is 26.4. The van der Waals surface area contributed by atoms with Crippen molar-refractivity contribution in [2.45, 2.75) is 224 Å². The van der Waals surface area contributed by atoms with Crippen LogP contribution in [0.2, 0.25) is 36.3 Å². The average molecular weight is 954 g/mol. The Morgan fingerprint density at radius 3 is 1.50 bits per heavy atom. The molecule has 66 heavy (non-hydrogen) atoms. The molecule has 0 aromatic heterocycles. The second kappa shape index (κ2) is 15.7. The van der Waals surface area contributed by atoms with Gasteiger partial charge in [0.1, 0.15) is 0 Å². The summed E-state index contributed by atoms with van der Waals surface area (Å²) in [7, 11) is -4.29. The van der Waals surface area contributed by atoms with Crippen LogP contribution in [0.1, 0.15) is 158 Å². The number of Topliss-reactive ketones (excluding diaryl/α,β-unsaturated/α-hetero) is 2. The molecule has 9 rings (SSSR count). The molecule has 7 fully saturated rings. The molecule has 0 aromatic carbocycles. The molecule has 8 nitrogen and oxygen atoms in total. The van der Waals surface area contributed by atoms with E-state index in [-0.39, 0.29) is 101 Å². The van der Waals surface area contributed by atoms with E-state index in [0.29, 0.717) is 36.5 Å². The molecule has 18 atom stereocenters. The zero-order chi connectivity index (χ0) is 48.0. The maximum Gasteiger partial charge on any atom is 0.509 e. The van der Waals surface area contributed by atoms with Crippen LogP contribution in [0.3, 0.4) is 0 Å². The monoisotopic (exact) mass is 953 g/mol. The molecular weight excluding hydrogens is 857 g/mol. The number of rotatable bonds is 4. The summed E-state index contributed by atoms with van der Waals surface area (Å²) in [6, 6.07) is 0. The van der Waals surface area contributed by atoms with Crippen molar-refractivity contribution in [1.82, 2.24) is 0 Å². The fraction of sp³-hybridized carbons (Fsp3) is 0.875. The lowest BCUT2D eigenvalue weighted by Crippen LogP contribution is -2.59. The molecule has 1 N–H and O–H groups in total. The molecular formula is C56H96O8Si2. The largest absolute Gasteiger partial charge is 0.509 e. The lowest BCUT2D eigenvalue weighted by atomic mass is 9.58. The molecule has 1 heterocycles. The predicted molar refractivity (Wildman–Crippen MR) is 272 cm³/mol. The van der Waals surface area contributed by atoms with Gasteiger partial charge in [0.25, 0.3) is 0 Å². The van der Waals surface area contributed by atoms with Crippen LogP contribution in [0.4, 0.5) is 4.79 Å². The van der Waals surface area contributed by atoms with Crippen molar-refractivity contribution < 1.29 is 37.8 Å². The van der Waals surface area contributed by atoms with E-state index in [1.807, 2.05) is 0 Å². The van der Waals surface area contributed by atoms with Crippen molar-refractivity contribution in [3.8, 4) is 0 Å². The highest BCUT2D eigenvalue weighted by Gasteiger charge is 2.81. The van der Waals surface area contributed by atoms with Crippen LogP contribution in [-0.2, 0) is 27.9 Å². The van der Waals surface area contributed by atoms with Crippen LogP contribution in [0.25, 0.3) is 0 Å². The molecule has 376 valence electrons. The molecule has 0 radical (unpaired) electrons. The van der Waals surface area contributed by atoms with Crippen molar-refractivity contribution in [3.63, 3.8) is 0 Å². The number of ether oxygens (including phenoxy) is 2. The number of hydrogen-bond acceptors (Lipinski definition) is 8. The van der Waals surface area contributed by atoms with Crippen molar-refractivity contribution in [1.29, 1.82) is 0 Å². The highest BCUT2D eigenvalue weighted by molar-refractivity contribution is 6.74. The Morgan fingerprint density at radius 1 is 0.652 bits per heavy atom. The van der Waals surface area contributed by atoms with Gasteiger partial charge in [0.05, 0.1) is 28.6 Å². The zero-order valence-corrected chi connectivity index (χ0v) is 45.9. The molecule has 1 aliphatic heterocycles. The Hall–Kier alpha value is -1.60. The summed E-state index contributed by atoms with van der Waals surface area (Å²) in [6.07, 6.45) is 6.06. The summed E-state index contributed by atoms with van der Waals surface area (Å²) in [5, 5.41) is 12.5. The summed E-state index contributed by atoms with van der Waals surface area (Å²) >= 11 is 0. The lowest BCUT2D eigenvalue weighted by molar-refractivity contribution is -0.156. The van der Waals surface area contributed by atoms with E-state index in [9.17, 15) is 19.5 Å². The van der Waals surface area contributed by atoms with E-state index in [2.05, 4.69) is 156 Å². The molecule has 9 aliphatic rings. The summed E-state index contributed by atoms with van der Waals surface area (Å²) in [6.45, 7) is 47.2. The van der Waals surface area contributed by atoms with Crippen LogP contribution in [0.5, 0.6) is 0 Å². The molecule has 6 saturated carbocycles. The Balaban J connectivity index is 0.000000212. The molecule has 1 saturated heterocycles. The zero-order valence-electron chi connectivity index (χ0n) is 43.9. The number of ketones is 2. The number of carbonyl (C=O) groups is 3. The second-order valence-electron chi connectivity index (χ2n) is 27.9. The lowest BCUT2D eigenvalue weighted by Gasteiger charge is -2.48. The van der Waals surface area contributed by atoms with Gasteiger partial charge < -0.3 is 23.4 Å².